The molecule has 1 aliphatic carbocycles. The van der Waals surface area contributed by atoms with Crippen molar-refractivity contribution in [3.05, 3.63) is 22.3 Å². The van der Waals surface area contributed by atoms with Crippen molar-refractivity contribution in [2.24, 2.45) is 5.73 Å². The molecule has 0 amide bonds. The summed E-state index contributed by atoms with van der Waals surface area (Å²) in [6.07, 6.45) is 7.70. The second-order valence-corrected chi connectivity index (χ2v) is 6.22. The molecule has 1 aromatic heterocycles. The minimum atomic E-state index is 0.647. The Labute approximate surface area is 124 Å². The van der Waals surface area contributed by atoms with Crippen LogP contribution in [0.15, 0.2) is 16.6 Å². The van der Waals surface area contributed by atoms with Gasteiger partial charge in [-0.2, -0.15) is 0 Å². The van der Waals surface area contributed by atoms with Crippen LogP contribution >= 0.6 is 15.9 Å². The number of halogens is 1. The van der Waals surface area contributed by atoms with E-state index in [-0.39, 0.29) is 0 Å². The van der Waals surface area contributed by atoms with E-state index in [1.807, 2.05) is 0 Å². The van der Waals surface area contributed by atoms with Crippen LogP contribution in [0.1, 0.15) is 44.2 Å². The van der Waals surface area contributed by atoms with Crippen LogP contribution in [-0.4, -0.2) is 24.1 Å². The Bertz CT molecular complexity index is 402. The maximum atomic E-state index is 5.68. The van der Waals surface area contributed by atoms with Crippen molar-refractivity contribution >= 4 is 21.7 Å². The lowest BCUT2D eigenvalue weighted by atomic mass is 9.94. The van der Waals surface area contributed by atoms with E-state index in [9.17, 15) is 0 Å². The van der Waals surface area contributed by atoms with E-state index in [1.165, 1.54) is 32.1 Å². The third-order valence-corrected chi connectivity index (χ3v) is 4.76. The van der Waals surface area contributed by atoms with Gasteiger partial charge in [0.1, 0.15) is 5.82 Å². The van der Waals surface area contributed by atoms with E-state index in [1.54, 1.807) is 0 Å². The minimum Gasteiger partial charge on any atom is -0.354 e. The average molecular weight is 326 g/mol. The molecule has 4 heteroatoms. The Hall–Kier alpha value is -0.610. The molecule has 0 bridgehead atoms. The van der Waals surface area contributed by atoms with Gasteiger partial charge in [0.25, 0.3) is 0 Å². The molecule has 1 fully saturated rings. The highest BCUT2D eigenvalue weighted by Crippen LogP contribution is 2.27. The van der Waals surface area contributed by atoms with Crippen LogP contribution in [0.25, 0.3) is 0 Å². The lowest BCUT2D eigenvalue weighted by Gasteiger charge is -2.35. The van der Waals surface area contributed by atoms with Crippen molar-refractivity contribution in [2.75, 3.05) is 18.0 Å². The molecule has 0 saturated heterocycles. The van der Waals surface area contributed by atoms with Crippen molar-refractivity contribution in [2.45, 2.75) is 51.5 Å². The number of hydrogen-bond acceptors (Lipinski definition) is 3. The summed E-state index contributed by atoms with van der Waals surface area (Å²) in [5.41, 5.74) is 6.75. The number of pyridine rings is 1. The number of aromatic nitrogens is 1. The van der Waals surface area contributed by atoms with Crippen LogP contribution in [0.4, 0.5) is 5.82 Å². The van der Waals surface area contributed by atoms with Crippen LogP contribution in [0.5, 0.6) is 0 Å². The second-order valence-electron chi connectivity index (χ2n) is 5.36. The van der Waals surface area contributed by atoms with Gasteiger partial charge in [-0.05, 0) is 60.8 Å². The van der Waals surface area contributed by atoms with Gasteiger partial charge in [-0.15, -0.1) is 0 Å². The topological polar surface area (TPSA) is 42.2 Å². The SMILES string of the molecule is Cc1nc(N(CCCN)C2CCCCC2)ccc1Br. The van der Waals surface area contributed by atoms with Crippen LogP contribution in [0, 0.1) is 6.92 Å². The summed E-state index contributed by atoms with van der Waals surface area (Å²) in [5, 5.41) is 0. The van der Waals surface area contributed by atoms with Crippen molar-refractivity contribution in [3.63, 3.8) is 0 Å². The number of aryl methyl sites for hydroxylation is 1. The highest BCUT2D eigenvalue weighted by atomic mass is 79.9. The first kappa shape index (κ1) is 14.8. The first-order chi connectivity index (χ1) is 9.22. The van der Waals surface area contributed by atoms with E-state index in [4.69, 9.17) is 10.7 Å². The molecule has 1 heterocycles. The molecule has 106 valence electrons. The predicted molar refractivity (Wildman–Crippen MR) is 84.6 cm³/mol. The van der Waals surface area contributed by atoms with E-state index in [0.29, 0.717) is 6.04 Å². The molecule has 3 nitrogen and oxygen atoms in total. The van der Waals surface area contributed by atoms with Crippen molar-refractivity contribution in [1.29, 1.82) is 0 Å². The number of anilines is 1. The van der Waals surface area contributed by atoms with Crippen molar-refractivity contribution in [1.82, 2.24) is 4.98 Å². The first-order valence-electron chi connectivity index (χ1n) is 7.32. The van der Waals surface area contributed by atoms with E-state index in [2.05, 4.69) is 39.9 Å². The van der Waals surface area contributed by atoms with E-state index >= 15 is 0 Å². The molecule has 0 atom stereocenters. The lowest BCUT2D eigenvalue weighted by molar-refractivity contribution is 0.411. The number of nitrogens with two attached hydrogens (primary N) is 1. The zero-order chi connectivity index (χ0) is 13.7. The van der Waals surface area contributed by atoms with Gasteiger partial charge in [-0.25, -0.2) is 4.98 Å². The molecular formula is C15H24BrN3. The maximum Gasteiger partial charge on any atom is 0.129 e. The molecule has 19 heavy (non-hydrogen) atoms. The second kappa shape index (κ2) is 7.25. The Morgan fingerprint density at radius 2 is 2.05 bits per heavy atom. The zero-order valence-electron chi connectivity index (χ0n) is 11.7. The molecule has 0 aliphatic heterocycles. The summed E-state index contributed by atoms with van der Waals surface area (Å²) in [6, 6.07) is 4.88. The largest absolute Gasteiger partial charge is 0.354 e. The molecule has 0 unspecified atom stereocenters. The van der Waals surface area contributed by atoms with Gasteiger partial charge in [0.05, 0.1) is 5.69 Å². The lowest BCUT2D eigenvalue weighted by Crippen LogP contribution is -2.39. The molecule has 1 saturated carbocycles. The van der Waals surface area contributed by atoms with Gasteiger partial charge in [0, 0.05) is 17.1 Å². The summed E-state index contributed by atoms with van der Waals surface area (Å²) in [4.78, 5) is 7.22. The zero-order valence-corrected chi connectivity index (χ0v) is 13.3. The van der Waals surface area contributed by atoms with Gasteiger partial charge in [0.2, 0.25) is 0 Å². The fourth-order valence-corrected chi connectivity index (χ4v) is 3.05. The van der Waals surface area contributed by atoms with Gasteiger partial charge in [-0.3, -0.25) is 0 Å². The summed E-state index contributed by atoms with van der Waals surface area (Å²) in [5.74, 6) is 1.11. The minimum absolute atomic E-state index is 0.647. The monoisotopic (exact) mass is 325 g/mol. The predicted octanol–water partition coefficient (Wildman–Crippen LogP) is 3.64. The van der Waals surface area contributed by atoms with Crippen LogP contribution in [0.2, 0.25) is 0 Å². The Morgan fingerprint density at radius 3 is 2.68 bits per heavy atom. The van der Waals surface area contributed by atoms with Crippen LogP contribution < -0.4 is 10.6 Å². The summed E-state index contributed by atoms with van der Waals surface area (Å²) >= 11 is 3.53. The van der Waals surface area contributed by atoms with Crippen LogP contribution in [-0.2, 0) is 0 Å². The maximum absolute atomic E-state index is 5.68. The molecule has 2 N–H and O–H groups in total. The van der Waals surface area contributed by atoms with Gasteiger partial charge in [-0.1, -0.05) is 19.3 Å². The van der Waals surface area contributed by atoms with E-state index < -0.39 is 0 Å². The Kier molecular flexibility index (Phi) is 5.64. The van der Waals surface area contributed by atoms with Gasteiger partial charge >= 0.3 is 0 Å². The smallest absolute Gasteiger partial charge is 0.129 e. The first-order valence-corrected chi connectivity index (χ1v) is 8.11. The number of rotatable bonds is 5. The molecular weight excluding hydrogens is 302 g/mol. The molecule has 0 radical (unpaired) electrons. The van der Waals surface area contributed by atoms with Gasteiger partial charge in [0.15, 0.2) is 0 Å². The molecule has 1 aliphatic rings. The molecule has 2 rings (SSSR count). The van der Waals surface area contributed by atoms with Crippen molar-refractivity contribution < 1.29 is 0 Å². The standard InChI is InChI=1S/C15H24BrN3/c1-12-14(16)8-9-15(18-12)19(11-5-10-17)13-6-3-2-4-7-13/h8-9,13H,2-7,10-11,17H2,1H3. The quantitative estimate of drug-likeness (QED) is 0.898. The third kappa shape index (κ3) is 3.93. The summed E-state index contributed by atoms with van der Waals surface area (Å²) < 4.78 is 1.08. The number of nitrogens with zero attached hydrogens (tertiary/aromatic N) is 2. The molecule has 0 aromatic carbocycles. The average Bonchev–Trinajstić information content (AvgIpc) is 2.44. The highest BCUT2D eigenvalue weighted by molar-refractivity contribution is 9.10. The summed E-state index contributed by atoms with van der Waals surface area (Å²) in [6.45, 7) is 3.82. The highest BCUT2D eigenvalue weighted by Gasteiger charge is 2.22. The molecule has 1 aromatic rings. The molecule has 0 spiro atoms. The fraction of sp³-hybridized carbons (Fsp3) is 0.667. The normalized spacial score (nSPS) is 16.6. The Balaban J connectivity index is 2.17. The number of hydrogen-bond donors (Lipinski definition) is 1. The van der Waals surface area contributed by atoms with Crippen LogP contribution in [0.3, 0.4) is 0 Å². The summed E-state index contributed by atoms with van der Waals surface area (Å²) in [7, 11) is 0. The van der Waals surface area contributed by atoms with E-state index in [0.717, 1.165) is 35.5 Å². The fourth-order valence-electron chi connectivity index (χ4n) is 2.83. The Morgan fingerprint density at radius 1 is 1.32 bits per heavy atom. The van der Waals surface area contributed by atoms with Crippen molar-refractivity contribution in [3.8, 4) is 0 Å². The van der Waals surface area contributed by atoms with Gasteiger partial charge < -0.3 is 10.6 Å². The third-order valence-electron chi connectivity index (χ3n) is 3.92.